The number of hydrogen-bond donors (Lipinski definition) is 0. The summed E-state index contributed by atoms with van der Waals surface area (Å²) in [6.07, 6.45) is 0.724. The van der Waals surface area contributed by atoms with Crippen molar-refractivity contribution in [1.82, 2.24) is 0 Å². The zero-order valence-electron chi connectivity index (χ0n) is 8.08. The fraction of sp³-hybridized carbons (Fsp3) is 0.333. The summed E-state index contributed by atoms with van der Waals surface area (Å²) in [7, 11) is 0. The molecule has 13 heavy (non-hydrogen) atoms. The Labute approximate surface area is 79.1 Å². The molecule has 0 spiro atoms. The molecule has 0 aromatic heterocycles. The maximum absolute atomic E-state index is 10.6. The van der Waals surface area contributed by atoms with Gasteiger partial charge in [-0.25, -0.2) is 4.79 Å². The van der Waals surface area contributed by atoms with Crippen LogP contribution in [0.15, 0.2) is 35.9 Å². The summed E-state index contributed by atoms with van der Waals surface area (Å²) in [6.45, 7) is 4.03. The summed E-state index contributed by atoms with van der Waals surface area (Å²) in [5, 5.41) is 0. The van der Waals surface area contributed by atoms with Crippen molar-refractivity contribution in [3.63, 3.8) is 0 Å². The van der Waals surface area contributed by atoms with Crippen molar-refractivity contribution in [1.29, 1.82) is 0 Å². The summed E-state index contributed by atoms with van der Waals surface area (Å²) in [5.74, 6) is 2.31. The first kappa shape index (κ1) is 9.76. The van der Waals surface area contributed by atoms with Crippen LogP contribution in [-0.4, -0.2) is 5.94 Å². The Morgan fingerprint density at radius 3 is 2.38 bits per heavy atom. The lowest BCUT2D eigenvalue weighted by Gasteiger charge is -2.06. The van der Waals surface area contributed by atoms with E-state index in [0.717, 1.165) is 12.0 Å². The molecule has 1 rings (SSSR count). The van der Waals surface area contributed by atoms with Gasteiger partial charge in [-0.1, -0.05) is 44.2 Å². The molecule has 0 saturated carbocycles. The molecule has 1 aromatic carbocycles. The molecular formula is C12H14O. The molecule has 1 nitrogen and oxygen atoms in total. The lowest BCUT2D eigenvalue weighted by atomic mass is 9.97. The van der Waals surface area contributed by atoms with Gasteiger partial charge < -0.3 is 0 Å². The van der Waals surface area contributed by atoms with Crippen molar-refractivity contribution in [2.24, 2.45) is 5.92 Å². The third-order valence-electron chi connectivity index (χ3n) is 2.07. The number of rotatable bonds is 3. The summed E-state index contributed by atoms with van der Waals surface area (Å²) < 4.78 is 0. The first-order valence-corrected chi connectivity index (χ1v) is 4.52. The minimum atomic E-state index is 0.290. The van der Waals surface area contributed by atoms with E-state index in [1.165, 1.54) is 5.56 Å². The van der Waals surface area contributed by atoms with Gasteiger partial charge in [-0.3, -0.25) is 0 Å². The van der Waals surface area contributed by atoms with Gasteiger partial charge in [0.1, 0.15) is 5.94 Å². The van der Waals surface area contributed by atoms with E-state index in [0.29, 0.717) is 0 Å². The van der Waals surface area contributed by atoms with Crippen LogP contribution in [0.5, 0.6) is 0 Å². The van der Waals surface area contributed by atoms with Crippen LogP contribution < -0.4 is 0 Å². The van der Waals surface area contributed by atoms with Gasteiger partial charge >= 0.3 is 0 Å². The fourth-order valence-electron chi connectivity index (χ4n) is 1.17. The minimum Gasteiger partial charge on any atom is -0.234 e. The van der Waals surface area contributed by atoms with E-state index in [1.807, 2.05) is 50.1 Å². The second-order valence-electron chi connectivity index (χ2n) is 3.44. The molecule has 0 atom stereocenters. The zero-order valence-corrected chi connectivity index (χ0v) is 8.08. The molecule has 0 aliphatic rings. The van der Waals surface area contributed by atoms with E-state index in [9.17, 15) is 4.79 Å². The molecule has 0 unspecified atom stereocenters. The molecule has 68 valence electrons. The quantitative estimate of drug-likeness (QED) is 0.644. The molecule has 0 aliphatic carbocycles. The van der Waals surface area contributed by atoms with Gasteiger partial charge in [-0.2, -0.15) is 0 Å². The van der Waals surface area contributed by atoms with Crippen LogP contribution in [0.2, 0.25) is 0 Å². The molecule has 1 heteroatoms. The standard InChI is InChI=1S/C12H14O/c1-10(2)12(9-13)8-11-6-4-3-5-7-11/h3-7,10H,8H2,1-2H3. The van der Waals surface area contributed by atoms with Crippen molar-refractivity contribution >= 4 is 5.94 Å². The van der Waals surface area contributed by atoms with E-state index in [-0.39, 0.29) is 5.92 Å². The smallest absolute Gasteiger partial charge is 0.124 e. The second kappa shape index (κ2) is 4.64. The lowest BCUT2D eigenvalue weighted by Crippen LogP contribution is -1.99. The monoisotopic (exact) mass is 174 g/mol. The SMILES string of the molecule is CC(C)C(=C=O)Cc1ccccc1. The van der Waals surface area contributed by atoms with Crippen molar-refractivity contribution in [3.8, 4) is 0 Å². The Kier molecular flexibility index (Phi) is 3.48. The maximum Gasteiger partial charge on any atom is 0.124 e. The van der Waals surface area contributed by atoms with Crippen molar-refractivity contribution < 1.29 is 4.79 Å². The first-order chi connectivity index (χ1) is 6.24. The summed E-state index contributed by atoms with van der Waals surface area (Å²) in [6, 6.07) is 10.00. The largest absolute Gasteiger partial charge is 0.234 e. The number of hydrogen-bond acceptors (Lipinski definition) is 1. The number of allylic oxidation sites excluding steroid dienone is 1. The number of carbonyl (C=O) groups excluding carboxylic acids is 1. The highest BCUT2D eigenvalue weighted by Gasteiger charge is 2.04. The predicted molar refractivity (Wildman–Crippen MR) is 54.2 cm³/mol. The van der Waals surface area contributed by atoms with Gasteiger partial charge in [-0.05, 0) is 11.5 Å². The highest BCUT2D eigenvalue weighted by atomic mass is 16.1. The van der Waals surface area contributed by atoms with E-state index in [4.69, 9.17) is 0 Å². The topological polar surface area (TPSA) is 17.1 Å². The Morgan fingerprint density at radius 2 is 1.92 bits per heavy atom. The Morgan fingerprint density at radius 1 is 1.31 bits per heavy atom. The van der Waals surface area contributed by atoms with Crippen LogP contribution in [0.3, 0.4) is 0 Å². The fourth-order valence-corrected chi connectivity index (χ4v) is 1.17. The highest BCUT2D eigenvalue weighted by Crippen LogP contribution is 2.12. The summed E-state index contributed by atoms with van der Waals surface area (Å²) >= 11 is 0. The van der Waals surface area contributed by atoms with Crippen molar-refractivity contribution in [2.75, 3.05) is 0 Å². The third kappa shape index (κ3) is 2.89. The average Bonchev–Trinajstić information content (AvgIpc) is 2.15. The molecule has 0 aliphatic heterocycles. The Hall–Kier alpha value is -1.33. The molecule has 0 N–H and O–H groups in total. The van der Waals surface area contributed by atoms with Crippen LogP contribution in [0.4, 0.5) is 0 Å². The van der Waals surface area contributed by atoms with Gasteiger partial charge in [0, 0.05) is 12.0 Å². The zero-order chi connectivity index (χ0) is 9.68. The van der Waals surface area contributed by atoms with Crippen molar-refractivity contribution in [2.45, 2.75) is 20.3 Å². The van der Waals surface area contributed by atoms with Crippen LogP contribution in [0.1, 0.15) is 19.4 Å². The van der Waals surface area contributed by atoms with Crippen LogP contribution in [-0.2, 0) is 11.2 Å². The Balaban J connectivity index is 2.75. The molecule has 0 saturated heterocycles. The molecule has 0 fully saturated rings. The van der Waals surface area contributed by atoms with Gasteiger partial charge in [0.05, 0.1) is 0 Å². The van der Waals surface area contributed by atoms with Gasteiger partial charge in [-0.15, -0.1) is 0 Å². The first-order valence-electron chi connectivity index (χ1n) is 4.52. The van der Waals surface area contributed by atoms with Gasteiger partial charge in [0.25, 0.3) is 0 Å². The molecule has 0 bridgehead atoms. The van der Waals surface area contributed by atoms with Crippen LogP contribution in [0, 0.1) is 5.92 Å². The molecule has 0 amide bonds. The van der Waals surface area contributed by atoms with Crippen LogP contribution in [0.25, 0.3) is 0 Å². The maximum atomic E-state index is 10.6. The van der Waals surface area contributed by atoms with Gasteiger partial charge in [0.2, 0.25) is 0 Å². The average molecular weight is 174 g/mol. The number of benzene rings is 1. The normalized spacial score (nSPS) is 9.77. The predicted octanol–water partition coefficient (Wildman–Crippen LogP) is 2.64. The molecule has 0 heterocycles. The van der Waals surface area contributed by atoms with Crippen molar-refractivity contribution in [3.05, 3.63) is 41.5 Å². The minimum absolute atomic E-state index is 0.290. The lowest BCUT2D eigenvalue weighted by molar-refractivity contribution is 0.561. The Bertz CT molecular complexity index is 305. The van der Waals surface area contributed by atoms with E-state index in [1.54, 1.807) is 0 Å². The summed E-state index contributed by atoms with van der Waals surface area (Å²) in [5.41, 5.74) is 2.01. The third-order valence-corrected chi connectivity index (χ3v) is 2.07. The highest BCUT2D eigenvalue weighted by molar-refractivity contribution is 5.54. The summed E-state index contributed by atoms with van der Waals surface area (Å²) in [4.78, 5) is 10.6. The van der Waals surface area contributed by atoms with E-state index < -0.39 is 0 Å². The molecule has 0 radical (unpaired) electrons. The van der Waals surface area contributed by atoms with Crippen LogP contribution >= 0.6 is 0 Å². The van der Waals surface area contributed by atoms with E-state index >= 15 is 0 Å². The van der Waals surface area contributed by atoms with E-state index in [2.05, 4.69) is 0 Å². The molecule has 1 aromatic rings. The second-order valence-corrected chi connectivity index (χ2v) is 3.44. The van der Waals surface area contributed by atoms with Gasteiger partial charge in [0.15, 0.2) is 0 Å². The molecular weight excluding hydrogens is 160 g/mol.